The van der Waals surface area contributed by atoms with Gasteiger partial charge in [-0.05, 0) is 0 Å². The van der Waals surface area contributed by atoms with Gasteiger partial charge in [-0.15, -0.1) is 10.1 Å². The van der Waals surface area contributed by atoms with Crippen molar-refractivity contribution in [2.45, 2.75) is 0 Å². The van der Waals surface area contributed by atoms with Gasteiger partial charge in [-0.25, -0.2) is 0 Å². The highest BCUT2D eigenvalue weighted by atomic mass is 16.9. The Morgan fingerprint density at radius 3 is 1.20 bits per heavy atom. The third-order valence-corrected chi connectivity index (χ3v) is 0.667. The van der Waals surface area contributed by atoms with Crippen molar-refractivity contribution in [3.63, 3.8) is 0 Å². The van der Waals surface area contributed by atoms with E-state index in [1.807, 2.05) is 36.4 Å². The predicted octanol–water partition coefficient (Wildman–Crippen LogP) is 1.34. The van der Waals surface area contributed by atoms with Crippen LogP contribution in [0.1, 0.15) is 0 Å². The van der Waals surface area contributed by atoms with Gasteiger partial charge < -0.3 is 5.21 Å². The summed E-state index contributed by atoms with van der Waals surface area (Å²) in [4.78, 5) is 8.36. The molecule has 0 amide bonds. The zero-order valence-corrected chi connectivity index (χ0v) is 5.18. The molecule has 1 aromatic carbocycles. The summed E-state index contributed by atoms with van der Waals surface area (Å²) in [5.41, 5.74) is 0. The predicted molar refractivity (Wildman–Crippen MR) is 35.2 cm³/mol. The quantitative estimate of drug-likeness (QED) is 0.438. The molecule has 1 rings (SSSR count). The first-order chi connectivity index (χ1) is 4.73. The minimum Gasteiger partial charge on any atom is -0.328 e. The van der Waals surface area contributed by atoms with Crippen molar-refractivity contribution >= 4 is 0 Å². The molecule has 54 valence electrons. The monoisotopic (exact) mass is 141 g/mol. The lowest BCUT2D eigenvalue weighted by molar-refractivity contribution is -0.742. The Balaban J connectivity index is 0.000000180. The van der Waals surface area contributed by atoms with Crippen LogP contribution in [-0.4, -0.2) is 10.3 Å². The van der Waals surface area contributed by atoms with Crippen molar-refractivity contribution in [3.8, 4) is 0 Å². The molecule has 0 saturated heterocycles. The fraction of sp³-hybridized carbons (Fsp3) is 0. The maximum absolute atomic E-state index is 8.36. The van der Waals surface area contributed by atoms with Gasteiger partial charge in [0, 0.05) is 0 Å². The first kappa shape index (κ1) is 8.42. The minimum atomic E-state index is -1.50. The Bertz CT molecular complexity index is 145. The summed E-state index contributed by atoms with van der Waals surface area (Å²) in [6.45, 7) is 0. The average Bonchev–Trinajstić information content (AvgIpc) is 1.90. The molecule has 0 fully saturated rings. The van der Waals surface area contributed by atoms with E-state index in [2.05, 4.69) is 0 Å². The zero-order valence-electron chi connectivity index (χ0n) is 5.18. The molecule has 1 N–H and O–H groups in total. The van der Waals surface area contributed by atoms with Crippen molar-refractivity contribution in [1.82, 2.24) is 0 Å². The van der Waals surface area contributed by atoms with Gasteiger partial charge in [0.05, 0.1) is 0 Å². The lowest BCUT2D eigenvalue weighted by Gasteiger charge is -1.69. The summed E-state index contributed by atoms with van der Waals surface area (Å²) in [7, 11) is 0. The van der Waals surface area contributed by atoms with Crippen LogP contribution in [-0.2, 0) is 0 Å². The molecule has 0 saturated carbocycles. The summed E-state index contributed by atoms with van der Waals surface area (Å²) in [5.74, 6) is 0. The van der Waals surface area contributed by atoms with Gasteiger partial charge >= 0.3 is 0 Å². The zero-order chi connectivity index (χ0) is 7.82. The summed E-state index contributed by atoms with van der Waals surface area (Å²) in [6, 6.07) is 12.0. The summed E-state index contributed by atoms with van der Waals surface area (Å²) in [6.07, 6.45) is 0. The summed E-state index contributed by atoms with van der Waals surface area (Å²) < 4.78 is 0. The van der Waals surface area contributed by atoms with Crippen molar-refractivity contribution in [1.29, 1.82) is 0 Å². The molecule has 0 unspecified atom stereocenters. The maximum Gasteiger partial charge on any atom is 0.291 e. The second kappa shape index (κ2) is 5.55. The molecule has 10 heavy (non-hydrogen) atoms. The van der Waals surface area contributed by atoms with Gasteiger partial charge in [0.15, 0.2) is 0 Å². The van der Waals surface area contributed by atoms with Crippen molar-refractivity contribution < 1.29 is 10.3 Å². The Morgan fingerprint density at radius 2 is 1.10 bits per heavy atom. The van der Waals surface area contributed by atoms with Crippen LogP contribution in [0.5, 0.6) is 0 Å². The largest absolute Gasteiger partial charge is 0.328 e. The van der Waals surface area contributed by atoms with Crippen LogP contribution >= 0.6 is 0 Å². The first-order valence-corrected chi connectivity index (χ1v) is 2.57. The minimum absolute atomic E-state index is 1.50. The molecule has 0 aromatic heterocycles. The highest BCUT2D eigenvalue weighted by Gasteiger charge is 1.65. The van der Waals surface area contributed by atoms with Crippen LogP contribution in [0.25, 0.3) is 0 Å². The van der Waals surface area contributed by atoms with Crippen molar-refractivity contribution in [2.75, 3.05) is 0 Å². The van der Waals surface area contributed by atoms with E-state index in [0.717, 1.165) is 0 Å². The molecule has 4 heteroatoms. The Hall–Kier alpha value is -1.58. The summed E-state index contributed by atoms with van der Waals surface area (Å²) in [5, 5.41) is 13.6. The van der Waals surface area contributed by atoms with E-state index in [-0.39, 0.29) is 0 Å². The molecule has 0 aliphatic rings. The second-order valence-electron chi connectivity index (χ2n) is 1.39. The molecule has 0 atom stereocenters. The van der Waals surface area contributed by atoms with Gasteiger partial charge in [0.25, 0.3) is 5.09 Å². The van der Waals surface area contributed by atoms with Crippen molar-refractivity contribution in [3.05, 3.63) is 46.5 Å². The van der Waals surface area contributed by atoms with E-state index in [9.17, 15) is 0 Å². The third kappa shape index (κ3) is 9.65. The van der Waals surface area contributed by atoms with Gasteiger partial charge in [0.1, 0.15) is 0 Å². The van der Waals surface area contributed by atoms with Crippen LogP contribution in [0, 0.1) is 10.1 Å². The van der Waals surface area contributed by atoms with Crippen LogP contribution in [0.4, 0.5) is 0 Å². The fourth-order valence-corrected chi connectivity index (χ4v) is 0.385. The molecule has 0 spiro atoms. The molecule has 4 nitrogen and oxygen atoms in total. The second-order valence-corrected chi connectivity index (χ2v) is 1.39. The van der Waals surface area contributed by atoms with E-state index < -0.39 is 5.09 Å². The highest BCUT2D eigenvalue weighted by molar-refractivity contribution is 4.99. The first-order valence-electron chi connectivity index (χ1n) is 2.57. The molecule has 0 bridgehead atoms. The van der Waals surface area contributed by atoms with Gasteiger partial charge in [-0.1, -0.05) is 36.4 Å². The summed E-state index contributed by atoms with van der Waals surface area (Å²) >= 11 is 0. The fourth-order valence-electron chi connectivity index (χ4n) is 0.385. The number of nitrogens with zero attached hydrogens (tertiary/aromatic N) is 1. The van der Waals surface area contributed by atoms with Crippen LogP contribution in [0.2, 0.25) is 0 Å². The highest BCUT2D eigenvalue weighted by Crippen LogP contribution is 1.79. The lowest BCUT2D eigenvalue weighted by Crippen LogP contribution is -1.81. The van der Waals surface area contributed by atoms with Crippen LogP contribution in [0.15, 0.2) is 36.4 Å². The topological polar surface area (TPSA) is 63.4 Å². The Kier molecular flexibility index (Phi) is 4.68. The average molecular weight is 141 g/mol. The number of hydrogen-bond acceptors (Lipinski definition) is 2. The third-order valence-electron chi connectivity index (χ3n) is 0.667. The molecule has 0 aliphatic carbocycles. The van der Waals surface area contributed by atoms with Crippen LogP contribution in [0.3, 0.4) is 0 Å². The molecular weight excluding hydrogens is 134 g/mol. The van der Waals surface area contributed by atoms with E-state index >= 15 is 0 Å². The molecule has 0 heterocycles. The number of rotatable bonds is 0. The van der Waals surface area contributed by atoms with Gasteiger partial charge in [-0.2, -0.15) is 0 Å². The normalized spacial score (nSPS) is 7.20. The lowest BCUT2D eigenvalue weighted by atomic mass is 10.4. The number of hydrogen-bond donors (Lipinski definition) is 1. The standard InChI is InChI=1S/C6H6.HNO3/c1-2-4-6-5-3-1;2-1(3)4/h1-6H;(H,2,3,4). The van der Waals surface area contributed by atoms with E-state index in [0.29, 0.717) is 0 Å². The Labute approximate surface area is 57.8 Å². The SMILES string of the molecule is O=[N+]([O-])O.c1ccccc1. The van der Waals surface area contributed by atoms with E-state index in [4.69, 9.17) is 15.3 Å². The van der Waals surface area contributed by atoms with E-state index in [1.54, 1.807) is 0 Å². The maximum atomic E-state index is 8.36. The van der Waals surface area contributed by atoms with Gasteiger partial charge in [-0.3, -0.25) is 0 Å². The van der Waals surface area contributed by atoms with Crippen molar-refractivity contribution in [2.24, 2.45) is 0 Å². The Morgan fingerprint density at radius 1 is 1.00 bits per heavy atom. The molecular formula is C6H7NO3. The van der Waals surface area contributed by atoms with E-state index in [1.165, 1.54) is 0 Å². The van der Waals surface area contributed by atoms with Gasteiger partial charge in [0.2, 0.25) is 0 Å². The van der Waals surface area contributed by atoms with Crippen LogP contribution < -0.4 is 0 Å². The molecule has 0 radical (unpaired) electrons. The molecule has 0 aliphatic heterocycles. The number of benzene rings is 1. The smallest absolute Gasteiger partial charge is 0.291 e. The molecule has 1 aromatic rings.